The lowest BCUT2D eigenvalue weighted by atomic mass is 9.95. The molecule has 0 N–H and O–H groups in total. The summed E-state index contributed by atoms with van der Waals surface area (Å²) in [7, 11) is 0. The van der Waals surface area contributed by atoms with Crippen LogP contribution in [0.3, 0.4) is 0 Å². The van der Waals surface area contributed by atoms with Crippen LogP contribution in [0.1, 0.15) is 26.7 Å². The summed E-state index contributed by atoms with van der Waals surface area (Å²) in [5, 5.41) is -0.419. The number of hydrogen-bond donors (Lipinski definition) is 1. The molecule has 0 aromatic rings. The molecular weight excluding hydrogens is 251 g/mol. The van der Waals surface area contributed by atoms with Crippen LogP contribution >= 0.6 is 12.6 Å². The number of amides is 1. The topological polar surface area (TPSA) is 20.3 Å². The van der Waals surface area contributed by atoms with E-state index >= 15 is 0 Å². The number of nitrogens with zero attached hydrogens (tertiary/aromatic N) is 1. The van der Waals surface area contributed by atoms with Crippen LogP contribution in [0.15, 0.2) is 0 Å². The number of hydrogen-bond acceptors (Lipinski definition) is 2. The molecule has 0 aromatic heterocycles. The number of alkyl halides is 3. The van der Waals surface area contributed by atoms with Crippen molar-refractivity contribution in [3.63, 3.8) is 0 Å². The highest BCUT2D eigenvalue weighted by atomic mass is 32.1. The van der Waals surface area contributed by atoms with Crippen LogP contribution in [0.5, 0.6) is 0 Å². The van der Waals surface area contributed by atoms with Gasteiger partial charge in [0, 0.05) is 13.1 Å². The second kappa shape index (κ2) is 5.50. The molecule has 1 aliphatic heterocycles. The van der Waals surface area contributed by atoms with Crippen molar-refractivity contribution in [2.45, 2.75) is 38.1 Å². The van der Waals surface area contributed by atoms with E-state index in [0.29, 0.717) is 0 Å². The normalized spacial score (nSPS) is 20.8. The molecule has 100 valence electrons. The summed E-state index contributed by atoms with van der Waals surface area (Å²) in [4.78, 5) is 13.4. The molecule has 1 aliphatic rings. The van der Waals surface area contributed by atoms with Crippen LogP contribution in [0.25, 0.3) is 0 Å². The zero-order valence-electron chi connectivity index (χ0n) is 10.00. The van der Waals surface area contributed by atoms with Gasteiger partial charge in [0.05, 0.1) is 11.2 Å². The Hall–Kier alpha value is -0.390. The third-order valence-electron chi connectivity index (χ3n) is 3.15. The van der Waals surface area contributed by atoms with Crippen molar-refractivity contribution in [2.75, 3.05) is 13.1 Å². The van der Waals surface area contributed by atoms with Gasteiger partial charge in [-0.25, -0.2) is 0 Å². The summed E-state index contributed by atoms with van der Waals surface area (Å²) in [6.07, 6.45) is -4.12. The van der Waals surface area contributed by atoms with E-state index < -0.39 is 17.3 Å². The zero-order valence-corrected chi connectivity index (χ0v) is 10.9. The number of carbonyl (C=O) groups excluding carboxylic acids is 1. The molecule has 1 heterocycles. The number of rotatable bonds is 2. The third kappa shape index (κ3) is 3.79. The van der Waals surface area contributed by atoms with Gasteiger partial charge < -0.3 is 4.90 Å². The zero-order chi connectivity index (χ0) is 13.2. The number of halogens is 3. The average molecular weight is 269 g/mol. The molecule has 2 nitrogen and oxygen atoms in total. The Bertz CT molecular complexity index is 272. The Labute approximate surface area is 105 Å². The van der Waals surface area contributed by atoms with E-state index in [2.05, 4.69) is 12.6 Å². The van der Waals surface area contributed by atoms with Gasteiger partial charge in [0.15, 0.2) is 0 Å². The fourth-order valence-corrected chi connectivity index (χ4v) is 2.06. The average Bonchev–Trinajstić information content (AvgIpc) is 2.26. The molecular formula is C11H18F3NOS. The quantitative estimate of drug-likeness (QED) is 0.764. The fourth-order valence-electron chi connectivity index (χ4n) is 1.90. The minimum absolute atomic E-state index is 0.00777. The van der Waals surface area contributed by atoms with Crippen molar-refractivity contribution in [1.29, 1.82) is 0 Å². The van der Waals surface area contributed by atoms with E-state index in [1.165, 1.54) is 4.90 Å². The molecule has 0 aliphatic carbocycles. The first-order valence-electron chi connectivity index (χ1n) is 5.77. The number of thiol groups is 1. The summed E-state index contributed by atoms with van der Waals surface area (Å²) in [6.45, 7) is 4.12. The summed E-state index contributed by atoms with van der Waals surface area (Å²) >= 11 is 4.20. The Balaban J connectivity index is 2.50. The molecule has 1 saturated heterocycles. The standard InChI is InChI=1S/C11H18F3NOS/c1-7(2)9(17)10(16)15-5-3-8(4-6-15)11(12,13)14/h7-9,17H,3-6H2,1-2H3. The molecule has 0 bridgehead atoms. The van der Waals surface area contributed by atoms with E-state index in [-0.39, 0.29) is 37.8 Å². The molecule has 1 fully saturated rings. The lowest BCUT2D eigenvalue weighted by molar-refractivity contribution is -0.186. The van der Waals surface area contributed by atoms with Crippen LogP contribution in [0.4, 0.5) is 13.2 Å². The molecule has 0 radical (unpaired) electrons. The van der Waals surface area contributed by atoms with Gasteiger partial charge in [-0.1, -0.05) is 13.8 Å². The lowest BCUT2D eigenvalue weighted by Gasteiger charge is -2.34. The predicted molar refractivity (Wildman–Crippen MR) is 63.0 cm³/mol. The van der Waals surface area contributed by atoms with Crippen LogP contribution in [0, 0.1) is 11.8 Å². The maximum absolute atomic E-state index is 12.4. The van der Waals surface area contributed by atoms with Gasteiger partial charge in [0.2, 0.25) is 5.91 Å². The Morgan fingerprint density at radius 1 is 1.29 bits per heavy atom. The van der Waals surface area contributed by atoms with E-state index in [1.54, 1.807) is 0 Å². The highest BCUT2D eigenvalue weighted by Crippen LogP contribution is 2.34. The minimum atomic E-state index is -4.13. The molecule has 1 amide bonds. The second-order valence-corrected chi connectivity index (χ2v) is 5.39. The van der Waals surface area contributed by atoms with Crippen LogP contribution < -0.4 is 0 Å². The molecule has 6 heteroatoms. The number of piperidine rings is 1. The molecule has 1 rings (SSSR count). The van der Waals surface area contributed by atoms with Gasteiger partial charge in [-0.15, -0.1) is 0 Å². The van der Waals surface area contributed by atoms with Crippen molar-refractivity contribution < 1.29 is 18.0 Å². The summed E-state index contributed by atoms with van der Waals surface area (Å²) in [6, 6.07) is 0. The predicted octanol–water partition coefficient (Wildman–Crippen LogP) is 2.74. The number of carbonyl (C=O) groups is 1. The lowest BCUT2D eigenvalue weighted by Crippen LogP contribution is -2.45. The first kappa shape index (κ1) is 14.7. The Kier molecular flexibility index (Phi) is 4.75. The molecule has 0 aromatic carbocycles. The molecule has 0 saturated carbocycles. The highest BCUT2D eigenvalue weighted by Gasteiger charge is 2.42. The molecule has 1 atom stereocenters. The summed E-state index contributed by atoms with van der Waals surface area (Å²) in [5.74, 6) is -1.32. The van der Waals surface area contributed by atoms with Gasteiger partial charge in [-0.2, -0.15) is 25.8 Å². The van der Waals surface area contributed by atoms with E-state index in [0.717, 1.165) is 0 Å². The first-order chi connectivity index (χ1) is 7.73. The van der Waals surface area contributed by atoms with Crippen LogP contribution in [-0.2, 0) is 4.79 Å². The van der Waals surface area contributed by atoms with Gasteiger partial charge in [-0.05, 0) is 18.8 Å². The minimum Gasteiger partial charge on any atom is -0.342 e. The van der Waals surface area contributed by atoms with Gasteiger partial charge >= 0.3 is 6.18 Å². The second-order valence-electron chi connectivity index (χ2n) is 4.83. The van der Waals surface area contributed by atoms with E-state index in [1.807, 2.05) is 13.8 Å². The van der Waals surface area contributed by atoms with Gasteiger partial charge in [0.25, 0.3) is 0 Å². The van der Waals surface area contributed by atoms with Crippen LogP contribution in [-0.4, -0.2) is 35.3 Å². The van der Waals surface area contributed by atoms with Gasteiger partial charge in [0.1, 0.15) is 0 Å². The molecule has 1 unspecified atom stereocenters. The third-order valence-corrected chi connectivity index (χ3v) is 3.97. The van der Waals surface area contributed by atoms with Crippen molar-refractivity contribution in [1.82, 2.24) is 4.90 Å². The van der Waals surface area contributed by atoms with Gasteiger partial charge in [-0.3, -0.25) is 4.79 Å². The maximum atomic E-state index is 12.4. The Morgan fingerprint density at radius 3 is 2.12 bits per heavy atom. The summed E-state index contributed by atoms with van der Waals surface area (Å²) < 4.78 is 37.3. The maximum Gasteiger partial charge on any atom is 0.391 e. The largest absolute Gasteiger partial charge is 0.391 e. The molecule has 17 heavy (non-hydrogen) atoms. The van der Waals surface area contributed by atoms with Crippen molar-refractivity contribution >= 4 is 18.5 Å². The first-order valence-corrected chi connectivity index (χ1v) is 6.28. The Morgan fingerprint density at radius 2 is 1.76 bits per heavy atom. The fraction of sp³-hybridized carbons (Fsp3) is 0.909. The monoisotopic (exact) mass is 269 g/mol. The van der Waals surface area contributed by atoms with Crippen molar-refractivity contribution in [3.8, 4) is 0 Å². The summed E-state index contributed by atoms with van der Waals surface area (Å²) in [5.41, 5.74) is 0. The molecule has 0 spiro atoms. The number of likely N-dealkylation sites (tertiary alicyclic amines) is 1. The smallest absolute Gasteiger partial charge is 0.342 e. The van der Waals surface area contributed by atoms with Crippen molar-refractivity contribution in [3.05, 3.63) is 0 Å². The van der Waals surface area contributed by atoms with E-state index in [4.69, 9.17) is 0 Å². The van der Waals surface area contributed by atoms with Crippen molar-refractivity contribution in [2.24, 2.45) is 11.8 Å². The SMILES string of the molecule is CC(C)C(S)C(=O)N1CCC(C(F)(F)F)CC1. The highest BCUT2D eigenvalue weighted by molar-refractivity contribution is 7.81. The van der Waals surface area contributed by atoms with E-state index in [9.17, 15) is 18.0 Å². The van der Waals surface area contributed by atoms with Crippen LogP contribution in [0.2, 0.25) is 0 Å².